The van der Waals surface area contributed by atoms with Gasteiger partial charge in [0.2, 0.25) is 0 Å². The molecule has 4 nitrogen and oxygen atoms in total. The monoisotopic (exact) mass is 1130 g/mol. The second-order valence-electron chi connectivity index (χ2n) is 18.5. The number of nitrogens with zero attached hydrogens (tertiary/aromatic N) is 4. The quantitative estimate of drug-likeness (QED) is 0.107. The summed E-state index contributed by atoms with van der Waals surface area (Å²) in [6.07, 6.45) is 3.27. The van der Waals surface area contributed by atoms with Gasteiger partial charge in [-0.2, -0.15) is 11.3 Å². The van der Waals surface area contributed by atoms with Crippen molar-refractivity contribution in [1.82, 2.24) is 19.5 Å². The van der Waals surface area contributed by atoms with Gasteiger partial charge in [0.1, 0.15) is 10.6 Å². The maximum absolute atomic E-state index is 15.6. The summed E-state index contributed by atoms with van der Waals surface area (Å²) in [5.74, 6) is 7.93. The van der Waals surface area contributed by atoms with E-state index in [-0.39, 0.29) is 37.2 Å². The Morgan fingerprint density at radius 3 is 2.18 bits per heavy atom. The van der Waals surface area contributed by atoms with Crippen LogP contribution in [0.2, 0.25) is 17.3 Å². The molecule has 0 spiro atoms. The molecule has 0 fully saturated rings. The van der Waals surface area contributed by atoms with Gasteiger partial charge in [-0.3, -0.25) is 9.37 Å². The molecule has 10 aromatic rings. The fourth-order valence-corrected chi connectivity index (χ4v) is 13.1. The molecule has 4 heterocycles. The van der Waals surface area contributed by atoms with Gasteiger partial charge in [-0.05, 0) is 57.6 Å². The van der Waals surface area contributed by atoms with Crippen molar-refractivity contribution >= 4 is 60.3 Å². The Hall–Kier alpha value is -5.64. The minimum absolute atomic E-state index is 0. The van der Waals surface area contributed by atoms with E-state index < -0.39 is 13.3 Å². The van der Waals surface area contributed by atoms with Crippen LogP contribution in [0, 0.1) is 29.7 Å². The van der Waals surface area contributed by atoms with Crippen LogP contribution in [-0.4, -0.2) is 32.8 Å². The third-order valence-electron chi connectivity index (χ3n) is 12.0. The van der Waals surface area contributed by atoms with Gasteiger partial charge in [0.25, 0.3) is 0 Å². The molecule has 0 amide bonds. The summed E-state index contributed by atoms with van der Waals surface area (Å²) in [5.41, 5.74) is 9.67. The first-order valence-electron chi connectivity index (χ1n) is 22.1. The van der Waals surface area contributed by atoms with E-state index in [1.807, 2.05) is 114 Å². The first-order valence-corrected chi connectivity index (χ1v) is 30.2. The topological polar surface area (TPSA) is 43.6 Å². The molecular formula is C57H50F2GeIrN4S-2. The molecule has 6 aromatic carbocycles. The minimum Gasteiger partial charge on any atom is 0 e. The van der Waals surface area contributed by atoms with Crippen LogP contribution in [0.25, 0.3) is 70.8 Å². The number of rotatable bonds is 9. The Labute approximate surface area is 406 Å². The summed E-state index contributed by atoms with van der Waals surface area (Å²) in [4.78, 5) is 15.6. The molecule has 0 unspecified atom stereocenters. The van der Waals surface area contributed by atoms with Crippen LogP contribution in [0.15, 0.2) is 158 Å². The Morgan fingerprint density at radius 1 is 0.758 bits per heavy atom. The fourth-order valence-electron chi connectivity index (χ4n) is 8.61. The largest absolute Gasteiger partial charge is 0 e. The number of para-hydroxylation sites is 2. The van der Waals surface area contributed by atoms with E-state index in [1.54, 1.807) is 10.5 Å². The second-order valence-corrected chi connectivity index (χ2v) is 30.1. The van der Waals surface area contributed by atoms with Crippen LogP contribution in [0.5, 0.6) is 0 Å². The molecule has 4 aromatic heterocycles. The molecule has 0 bridgehead atoms. The number of pyridine rings is 2. The number of imidazole rings is 1. The van der Waals surface area contributed by atoms with E-state index in [0.29, 0.717) is 33.0 Å². The van der Waals surface area contributed by atoms with Crippen LogP contribution in [0.3, 0.4) is 0 Å². The molecule has 0 saturated heterocycles. The first-order chi connectivity index (χ1) is 31.3. The van der Waals surface area contributed by atoms with Gasteiger partial charge >= 0.3 is 126 Å². The summed E-state index contributed by atoms with van der Waals surface area (Å²) < 4.78 is 35.1. The molecule has 0 N–H and O–H groups in total. The summed E-state index contributed by atoms with van der Waals surface area (Å²) in [6, 6.07) is 54.9. The van der Waals surface area contributed by atoms with Crippen LogP contribution in [0.1, 0.15) is 44.5 Å². The molecular weight excluding hydrogens is 1080 g/mol. The van der Waals surface area contributed by atoms with Crippen molar-refractivity contribution in [2.75, 3.05) is 0 Å². The summed E-state index contributed by atoms with van der Waals surface area (Å²) in [5, 5.41) is 1.26. The van der Waals surface area contributed by atoms with Crippen LogP contribution in [0.4, 0.5) is 8.78 Å². The van der Waals surface area contributed by atoms with Crippen LogP contribution in [-0.2, 0) is 31.9 Å². The summed E-state index contributed by atoms with van der Waals surface area (Å²) in [6.45, 7) is 8.87. The third kappa shape index (κ3) is 9.34. The van der Waals surface area contributed by atoms with E-state index >= 15 is 8.78 Å². The van der Waals surface area contributed by atoms with Crippen molar-refractivity contribution in [3.8, 4) is 39.5 Å². The van der Waals surface area contributed by atoms with Crippen molar-refractivity contribution in [2.45, 2.75) is 56.8 Å². The van der Waals surface area contributed by atoms with E-state index in [9.17, 15) is 0 Å². The molecule has 0 aliphatic carbocycles. The summed E-state index contributed by atoms with van der Waals surface area (Å²) >= 11 is -0.415. The Kier molecular flexibility index (Phi) is 13.7. The van der Waals surface area contributed by atoms with Crippen molar-refractivity contribution in [1.29, 1.82) is 0 Å². The zero-order chi connectivity index (χ0) is 45.5. The van der Waals surface area contributed by atoms with Crippen molar-refractivity contribution in [3.63, 3.8) is 0 Å². The average Bonchev–Trinajstić information content (AvgIpc) is 3.89. The maximum Gasteiger partial charge on any atom is 0 e. The van der Waals surface area contributed by atoms with Gasteiger partial charge in [-0.25, -0.2) is 9.37 Å². The molecule has 9 heteroatoms. The number of aromatic nitrogens is 4. The number of fused-ring (bicyclic) bond motifs is 4. The molecule has 66 heavy (non-hydrogen) atoms. The molecule has 1 radical (unpaired) electrons. The molecule has 0 aliphatic rings. The molecule has 0 saturated carbocycles. The Balaban J connectivity index is 0.000000238. The van der Waals surface area contributed by atoms with E-state index in [1.165, 1.54) is 29.0 Å². The molecule has 0 aliphatic heterocycles. The van der Waals surface area contributed by atoms with E-state index in [4.69, 9.17) is 15.0 Å². The van der Waals surface area contributed by atoms with Gasteiger partial charge in [-0.15, -0.1) is 12.1 Å². The van der Waals surface area contributed by atoms with Gasteiger partial charge < -0.3 is 4.57 Å². The molecule has 333 valence electrons. The van der Waals surface area contributed by atoms with E-state index in [2.05, 4.69) is 87.6 Å². The standard InChI is InChI=1S/C39H26F2N3S.C18H24GeN.Ir/c1-39(2,25-13-7-4-8-14-25)34-22-19-27-35-31(41)21-18-28(36(35)45-38(27)43-34)37-42-32-15-9-10-16-33(32)44(37)26-17-20-30(40)29(23-26)24-11-5-3-6-12-24;1-14(2)11-16-12-18(15-9-7-6-8-10-15)20-13-17(16)19(3,4)5;/h3-17,19-23H,1-2H3;6-9,12-14H,11H2,1-5H3;/q2*-1;. The number of benzene rings is 6. The third-order valence-corrected chi connectivity index (χ3v) is 17.4. The van der Waals surface area contributed by atoms with E-state index in [0.717, 1.165) is 61.4 Å². The zero-order valence-electron chi connectivity index (χ0n) is 38.1. The predicted molar refractivity (Wildman–Crippen MR) is 270 cm³/mol. The Bertz CT molecular complexity index is 3310. The predicted octanol–water partition coefficient (Wildman–Crippen LogP) is 14.8. The van der Waals surface area contributed by atoms with Crippen LogP contribution < -0.4 is 4.40 Å². The fraction of sp³-hybridized carbons (Fsp3) is 0.175. The van der Waals surface area contributed by atoms with Gasteiger partial charge in [0.15, 0.2) is 0 Å². The van der Waals surface area contributed by atoms with Gasteiger partial charge in [0.05, 0.1) is 22.6 Å². The van der Waals surface area contributed by atoms with Crippen molar-refractivity contribution in [3.05, 3.63) is 198 Å². The second kappa shape index (κ2) is 19.3. The van der Waals surface area contributed by atoms with Gasteiger partial charge in [-0.1, -0.05) is 98.3 Å². The normalized spacial score (nSPS) is 11.8. The number of halogens is 2. The zero-order valence-corrected chi connectivity index (χ0v) is 43.4. The first kappa shape index (κ1) is 46.9. The summed E-state index contributed by atoms with van der Waals surface area (Å²) in [7, 11) is 0. The maximum atomic E-state index is 15.6. The van der Waals surface area contributed by atoms with Crippen LogP contribution >= 0.6 is 11.3 Å². The smallest absolute Gasteiger partial charge is 0 e. The number of thiophene rings is 1. The van der Waals surface area contributed by atoms with Crippen molar-refractivity contribution < 1.29 is 28.9 Å². The Morgan fingerprint density at radius 2 is 1.47 bits per heavy atom. The van der Waals surface area contributed by atoms with Gasteiger partial charge in [0, 0.05) is 48.0 Å². The van der Waals surface area contributed by atoms with Crippen molar-refractivity contribution in [2.24, 2.45) is 5.92 Å². The average molecular weight is 1130 g/mol. The number of hydrogen-bond acceptors (Lipinski definition) is 4. The molecule has 0 atom stereocenters. The number of hydrogen-bond donors (Lipinski definition) is 0. The SMILES string of the molecule is CC(C)(c1ccccc1)c1ccc2c(n1)sc1c(-c3nc4ccccc4n3-c3ccc(F)c(-c4ccccc4)c3)[c-]cc(F)c12.CC(C)Cc1cc(-c2[c-]cccc2)nc[c]1[Ge]([CH3])([CH3])[CH3].[Ir]. The minimum atomic E-state index is -1.86. The molecule has 10 rings (SSSR count).